The fourth-order valence-electron chi connectivity index (χ4n) is 1.58. The van der Waals surface area contributed by atoms with E-state index in [1.165, 1.54) is 0 Å². The SMILES string of the molecule is COc1ccc2ccc(C(=O)O)c(S)c2c1. The van der Waals surface area contributed by atoms with Gasteiger partial charge in [-0.3, -0.25) is 0 Å². The zero-order chi connectivity index (χ0) is 11.7. The van der Waals surface area contributed by atoms with Gasteiger partial charge in [0.2, 0.25) is 0 Å². The molecule has 0 aliphatic heterocycles. The number of carboxylic acids is 1. The highest BCUT2D eigenvalue weighted by molar-refractivity contribution is 7.80. The molecule has 1 N–H and O–H groups in total. The lowest BCUT2D eigenvalue weighted by Crippen LogP contribution is -1.98. The summed E-state index contributed by atoms with van der Waals surface area (Å²) in [7, 11) is 1.57. The minimum atomic E-state index is -0.977. The van der Waals surface area contributed by atoms with E-state index in [4.69, 9.17) is 9.84 Å². The minimum absolute atomic E-state index is 0.198. The number of hydrogen-bond donors (Lipinski definition) is 2. The second-order valence-corrected chi connectivity index (χ2v) is 3.80. The van der Waals surface area contributed by atoms with Crippen LogP contribution in [0.15, 0.2) is 35.2 Å². The van der Waals surface area contributed by atoms with Crippen molar-refractivity contribution in [3.05, 3.63) is 35.9 Å². The molecule has 3 nitrogen and oxygen atoms in total. The Labute approximate surface area is 98.1 Å². The van der Waals surface area contributed by atoms with Crippen molar-refractivity contribution in [2.45, 2.75) is 4.90 Å². The van der Waals surface area contributed by atoms with Gasteiger partial charge in [-0.15, -0.1) is 12.6 Å². The average molecular weight is 234 g/mol. The Hall–Kier alpha value is -1.68. The van der Waals surface area contributed by atoms with Gasteiger partial charge in [-0.25, -0.2) is 4.79 Å². The Morgan fingerprint density at radius 3 is 2.62 bits per heavy atom. The predicted molar refractivity (Wildman–Crippen MR) is 64.7 cm³/mol. The zero-order valence-corrected chi connectivity index (χ0v) is 9.49. The van der Waals surface area contributed by atoms with Crippen molar-refractivity contribution in [1.29, 1.82) is 0 Å². The third-order valence-electron chi connectivity index (χ3n) is 2.43. The zero-order valence-electron chi connectivity index (χ0n) is 8.60. The Bertz CT molecular complexity index is 563. The monoisotopic (exact) mass is 234 g/mol. The molecule has 2 aromatic rings. The van der Waals surface area contributed by atoms with Gasteiger partial charge in [-0.1, -0.05) is 12.1 Å². The normalized spacial score (nSPS) is 10.4. The number of rotatable bonds is 2. The Morgan fingerprint density at radius 1 is 1.31 bits per heavy atom. The van der Waals surface area contributed by atoms with Crippen molar-refractivity contribution < 1.29 is 14.6 Å². The molecule has 0 amide bonds. The lowest BCUT2D eigenvalue weighted by atomic mass is 10.1. The maximum atomic E-state index is 10.9. The van der Waals surface area contributed by atoms with Crippen LogP contribution in [0.4, 0.5) is 0 Å². The van der Waals surface area contributed by atoms with Gasteiger partial charge in [0, 0.05) is 4.90 Å². The lowest BCUT2D eigenvalue weighted by molar-refractivity contribution is 0.0693. The molecule has 2 aromatic carbocycles. The van der Waals surface area contributed by atoms with E-state index in [0.717, 1.165) is 10.8 Å². The maximum Gasteiger partial charge on any atom is 0.336 e. The highest BCUT2D eigenvalue weighted by atomic mass is 32.1. The summed E-state index contributed by atoms with van der Waals surface area (Å²) in [6, 6.07) is 8.80. The second kappa shape index (κ2) is 4.06. The maximum absolute atomic E-state index is 10.9. The van der Waals surface area contributed by atoms with Crippen LogP contribution in [-0.2, 0) is 0 Å². The molecular formula is C12H10O3S. The van der Waals surface area contributed by atoms with Crippen molar-refractivity contribution >= 4 is 29.4 Å². The number of thiol groups is 1. The quantitative estimate of drug-likeness (QED) is 0.785. The smallest absolute Gasteiger partial charge is 0.336 e. The van der Waals surface area contributed by atoms with Gasteiger partial charge in [0.1, 0.15) is 5.75 Å². The van der Waals surface area contributed by atoms with Crippen LogP contribution < -0.4 is 4.74 Å². The molecule has 0 fully saturated rings. The van der Waals surface area contributed by atoms with Crippen LogP contribution in [-0.4, -0.2) is 18.2 Å². The number of fused-ring (bicyclic) bond motifs is 1. The summed E-state index contributed by atoms with van der Waals surface area (Å²) in [5, 5.41) is 10.7. The molecule has 2 rings (SSSR count). The molecule has 82 valence electrons. The minimum Gasteiger partial charge on any atom is -0.497 e. The molecule has 0 bridgehead atoms. The van der Waals surface area contributed by atoms with E-state index in [0.29, 0.717) is 10.6 Å². The fraction of sp³-hybridized carbons (Fsp3) is 0.0833. The van der Waals surface area contributed by atoms with Crippen LogP contribution in [0.1, 0.15) is 10.4 Å². The molecule has 16 heavy (non-hydrogen) atoms. The van der Waals surface area contributed by atoms with Crippen molar-refractivity contribution in [1.82, 2.24) is 0 Å². The molecule has 0 atom stereocenters. The van der Waals surface area contributed by atoms with Crippen LogP contribution in [0.5, 0.6) is 5.75 Å². The predicted octanol–water partition coefficient (Wildman–Crippen LogP) is 2.84. The first-order valence-electron chi connectivity index (χ1n) is 4.66. The number of aromatic carboxylic acids is 1. The summed E-state index contributed by atoms with van der Waals surface area (Å²) < 4.78 is 5.10. The Morgan fingerprint density at radius 2 is 2.00 bits per heavy atom. The summed E-state index contributed by atoms with van der Waals surface area (Å²) >= 11 is 4.25. The number of benzene rings is 2. The number of methoxy groups -OCH3 is 1. The van der Waals surface area contributed by atoms with E-state index in [-0.39, 0.29) is 5.56 Å². The van der Waals surface area contributed by atoms with Gasteiger partial charge in [-0.2, -0.15) is 0 Å². The average Bonchev–Trinajstić information content (AvgIpc) is 2.28. The second-order valence-electron chi connectivity index (χ2n) is 3.35. The van der Waals surface area contributed by atoms with Crippen molar-refractivity contribution in [3.8, 4) is 5.75 Å². The highest BCUT2D eigenvalue weighted by Crippen LogP contribution is 2.29. The van der Waals surface area contributed by atoms with Gasteiger partial charge >= 0.3 is 5.97 Å². The molecule has 4 heteroatoms. The van der Waals surface area contributed by atoms with Crippen molar-refractivity contribution in [2.24, 2.45) is 0 Å². The summed E-state index contributed by atoms with van der Waals surface area (Å²) in [4.78, 5) is 11.4. The largest absolute Gasteiger partial charge is 0.497 e. The number of ether oxygens (including phenoxy) is 1. The van der Waals surface area contributed by atoms with Gasteiger partial charge < -0.3 is 9.84 Å². The van der Waals surface area contributed by atoms with Gasteiger partial charge in [0.05, 0.1) is 12.7 Å². The van der Waals surface area contributed by atoms with Gasteiger partial charge in [-0.05, 0) is 29.0 Å². The van der Waals surface area contributed by atoms with E-state index in [1.807, 2.05) is 12.1 Å². The third kappa shape index (κ3) is 1.72. The Balaban J connectivity index is 2.75. The highest BCUT2D eigenvalue weighted by Gasteiger charge is 2.10. The molecule has 0 heterocycles. The first-order chi connectivity index (χ1) is 7.63. The van der Waals surface area contributed by atoms with Crippen LogP contribution in [0.3, 0.4) is 0 Å². The van der Waals surface area contributed by atoms with E-state index < -0.39 is 5.97 Å². The topological polar surface area (TPSA) is 46.5 Å². The molecule has 0 radical (unpaired) electrons. The summed E-state index contributed by atoms with van der Waals surface area (Å²) in [6.45, 7) is 0. The first-order valence-corrected chi connectivity index (χ1v) is 5.11. The molecule has 0 saturated heterocycles. The van der Waals surface area contributed by atoms with Crippen LogP contribution in [0.2, 0.25) is 0 Å². The standard InChI is InChI=1S/C12H10O3S/c1-15-8-4-2-7-3-5-9(12(13)14)11(16)10(7)6-8/h2-6,16H,1H3,(H,13,14). The fourth-order valence-corrected chi connectivity index (χ4v) is 1.95. The number of carboxylic acid groups (broad SMARTS) is 1. The third-order valence-corrected chi connectivity index (χ3v) is 2.91. The molecule has 0 spiro atoms. The number of hydrogen-bond acceptors (Lipinski definition) is 3. The first kappa shape index (κ1) is 10.8. The van der Waals surface area contributed by atoms with E-state index in [9.17, 15) is 4.79 Å². The number of carbonyl (C=O) groups is 1. The van der Waals surface area contributed by atoms with E-state index in [1.54, 1.807) is 25.3 Å². The van der Waals surface area contributed by atoms with Crippen LogP contribution >= 0.6 is 12.6 Å². The lowest BCUT2D eigenvalue weighted by Gasteiger charge is -2.07. The molecule has 0 unspecified atom stereocenters. The van der Waals surface area contributed by atoms with Crippen molar-refractivity contribution in [3.63, 3.8) is 0 Å². The molecule has 0 aliphatic carbocycles. The molecule has 0 aliphatic rings. The molecule has 0 aromatic heterocycles. The van der Waals surface area contributed by atoms with Gasteiger partial charge in [0.25, 0.3) is 0 Å². The van der Waals surface area contributed by atoms with Crippen molar-refractivity contribution in [2.75, 3.05) is 7.11 Å². The molecular weight excluding hydrogens is 224 g/mol. The summed E-state index contributed by atoms with van der Waals surface area (Å²) in [5.41, 5.74) is 0.198. The van der Waals surface area contributed by atoms with Crippen LogP contribution in [0.25, 0.3) is 10.8 Å². The summed E-state index contributed by atoms with van der Waals surface area (Å²) in [6.07, 6.45) is 0. The van der Waals surface area contributed by atoms with Crippen LogP contribution in [0, 0.1) is 0 Å². The van der Waals surface area contributed by atoms with Gasteiger partial charge in [0.15, 0.2) is 0 Å². The van der Waals surface area contributed by atoms with E-state index >= 15 is 0 Å². The molecule has 0 saturated carbocycles. The summed E-state index contributed by atoms with van der Waals surface area (Å²) in [5.74, 6) is -0.292. The van der Waals surface area contributed by atoms with E-state index in [2.05, 4.69) is 12.6 Å². The Kier molecular flexibility index (Phi) is 2.75.